The van der Waals surface area contributed by atoms with Gasteiger partial charge in [-0.25, -0.2) is 14.0 Å². The lowest BCUT2D eigenvalue weighted by Crippen LogP contribution is -2.43. The third kappa shape index (κ3) is 5.01. The van der Waals surface area contributed by atoms with E-state index in [-0.39, 0.29) is 13.0 Å². The monoisotopic (exact) mass is 393 g/mol. The molecule has 1 aromatic rings. The summed E-state index contributed by atoms with van der Waals surface area (Å²) >= 11 is 0. The Bertz CT molecular complexity index is 729. The van der Waals surface area contributed by atoms with Gasteiger partial charge in [0.05, 0.1) is 12.1 Å². The van der Waals surface area contributed by atoms with E-state index < -0.39 is 53.1 Å². The number of benzene rings is 1. The lowest BCUT2D eigenvalue weighted by Gasteiger charge is -2.26. The molecule has 10 heteroatoms. The molecule has 1 aliphatic rings. The highest BCUT2D eigenvalue weighted by Crippen LogP contribution is 2.36. The normalized spacial score (nSPS) is 20.5. The van der Waals surface area contributed by atoms with Crippen molar-refractivity contribution in [1.29, 1.82) is 0 Å². The summed E-state index contributed by atoms with van der Waals surface area (Å²) in [6.07, 6.45) is -7.02. The third-order valence-electron chi connectivity index (χ3n) is 3.74. The highest BCUT2D eigenvalue weighted by Gasteiger charge is 2.43. The Hall–Kier alpha value is -2.52. The largest absolute Gasteiger partial charge is 0.485 e. The average Bonchev–Trinajstić information content (AvgIpc) is 2.91. The third-order valence-corrected chi connectivity index (χ3v) is 3.74. The Morgan fingerprint density at radius 3 is 2.37 bits per heavy atom. The molecular weight excluding hydrogens is 374 g/mol. The van der Waals surface area contributed by atoms with Gasteiger partial charge in [-0.15, -0.1) is 0 Å². The number of aliphatic carboxylic acids is 1. The van der Waals surface area contributed by atoms with Crippen LogP contribution in [0.3, 0.4) is 0 Å². The molecule has 2 rings (SSSR count). The van der Waals surface area contributed by atoms with Crippen molar-refractivity contribution in [3.05, 3.63) is 29.6 Å². The number of hydrogen-bond acceptors (Lipinski definition) is 4. The number of alkyl halides is 3. The highest BCUT2D eigenvalue weighted by atomic mass is 19.4. The molecule has 1 saturated heterocycles. The number of amides is 1. The zero-order valence-electron chi connectivity index (χ0n) is 14.8. The Labute approximate surface area is 152 Å². The first kappa shape index (κ1) is 20.8. The molecule has 150 valence electrons. The molecule has 0 aliphatic carbocycles. The molecule has 0 aromatic heterocycles. The van der Waals surface area contributed by atoms with Gasteiger partial charge >= 0.3 is 18.2 Å². The summed E-state index contributed by atoms with van der Waals surface area (Å²) in [5.74, 6) is -3.57. The summed E-state index contributed by atoms with van der Waals surface area (Å²) in [7, 11) is 0. The number of likely N-dealkylation sites (tertiary alicyclic amines) is 1. The molecule has 0 bridgehead atoms. The van der Waals surface area contributed by atoms with Crippen molar-refractivity contribution in [2.24, 2.45) is 0 Å². The van der Waals surface area contributed by atoms with Crippen LogP contribution in [0.1, 0.15) is 32.8 Å². The van der Waals surface area contributed by atoms with Gasteiger partial charge in [-0.3, -0.25) is 4.90 Å². The van der Waals surface area contributed by atoms with E-state index in [1.54, 1.807) is 20.8 Å². The van der Waals surface area contributed by atoms with Gasteiger partial charge in [-0.2, -0.15) is 13.2 Å². The minimum atomic E-state index is -4.90. The number of ether oxygens (including phenoxy) is 2. The number of carbonyl (C=O) groups excluding carboxylic acids is 1. The predicted molar refractivity (Wildman–Crippen MR) is 84.8 cm³/mol. The van der Waals surface area contributed by atoms with Crippen molar-refractivity contribution in [2.75, 3.05) is 6.54 Å². The fourth-order valence-electron chi connectivity index (χ4n) is 2.64. The first-order valence-electron chi connectivity index (χ1n) is 8.04. The Morgan fingerprint density at radius 2 is 1.85 bits per heavy atom. The van der Waals surface area contributed by atoms with E-state index in [1.165, 1.54) is 0 Å². The van der Waals surface area contributed by atoms with Crippen molar-refractivity contribution >= 4 is 12.1 Å². The first-order valence-corrected chi connectivity index (χ1v) is 8.04. The van der Waals surface area contributed by atoms with Crippen molar-refractivity contribution in [3.8, 4) is 5.75 Å². The SMILES string of the molecule is CC(C)(C)OC(=O)N1C[C@H](Oc2cccc(C(F)(F)F)c2F)C[C@H]1C(=O)O. The summed E-state index contributed by atoms with van der Waals surface area (Å²) in [4.78, 5) is 24.5. The second-order valence-electron chi connectivity index (χ2n) is 7.08. The van der Waals surface area contributed by atoms with E-state index in [0.717, 1.165) is 17.0 Å². The summed E-state index contributed by atoms with van der Waals surface area (Å²) in [6.45, 7) is 4.54. The number of nitrogens with zero attached hydrogens (tertiary/aromatic N) is 1. The molecule has 1 fully saturated rings. The van der Waals surface area contributed by atoms with Crippen molar-refractivity contribution in [1.82, 2.24) is 4.90 Å². The van der Waals surface area contributed by atoms with Gasteiger partial charge < -0.3 is 14.6 Å². The fraction of sp³-hybridized carbons (Fsp3) is 0.529. The zero-order valence-corrected chi connectivity index (χ0v) is 14.8. The van der Waals surface area contributed by atoms with E-state index in [9.17, 15) is 32.3 Å². The maximum absolute atomic E-state index is 14.1. The Kier molecular flexibility index (Phi) is 5.58. The van der Waals surface area contributed by atoms with E-state index in [4.69, 9.17) is 9.47 Å². The van der Waals surface area contributed by atoms with E-state index in [0.29, 0.717) is 6.07 Å². The minimum absolute atomic E-state index is 0.218. The molecule has 6 nitrogen and oxygen atoms in total. The van der Waals surface area contributed by atoms with Gasteiger partial charge in [0.15, 0.2) is 11.6 Å². The summed E-state index contributed by atoms with van der Waals surface area (Å²) in [5, 5.41) is 9.29. The second-order valence-corrected chi connectivity index (χ2v) is 7.08. The maximum atomic E-state index is 14.1. The van der Waals surface area contributed by atoms with Crippen LogP contribution in [0, 0.1) is 5.82 Å². The second kappa shape index (κ2) is 7.24. The summed E-state index contributed by atoms with van der Waals surface area (Å²) < 4.78 is 62.8. The van der Waals surface area contributed by atoms with Gasteiger partial charge in [0, 0.05) is 6.42 Å². The predicted octanol–water partition coefficient (Wildman–Crippen LogP) is 3.69. The molecule has 0 unspecified atom stereocenters. The van der Waals surface area contributed by atoms with Crippen LogP contribution in [-0.4, -0.2) is 46.4 Å². The molecule has 1 N–H and O–H groups in total. The average molecular weight is 393 g/mol. The van der Waals surface area contributed by atoms with Gasteiger partial charge in [-0.05, 0) is 32.9 Å². The van der Waals surface area contributed by atoms with Crippen LogP contribution >= 0.6 is 0 Å². The van der Waals surface area contributed by atoms with E-state index in [1.807, 2.05) is 0 Å². The molecule has 0 saturated carbocycles. The summed E-state index contributed by atoms with van der Waals surface area (Å²) in [6, 6.07) is 1.27. The fourth-order valence-corrected chi connectivity index (χ4v) is 2.64. The van der Waals surface area contributed by atoms with Crippen LogP contribution in [0.5, 0.6) is 5.75 Å². The molecule has 1 aromatic carbocycles. The highest BCUT2D eigenvalue weighted by molar-refractivity contribution is 5.81. The molecule has 1 heterocycles. The quantitative estimate of drug-likeness (QED) is 0.793. The van der Waals surface area contributed by atoms with Gasteiger partial charge in [0.1, 0.15) is 17.7 Å². The van der Waals surface area contributed by atoms with Crippen molar-refractivity contribution < 1.29 is 41.7 Å². The number of carbonyl (C=O) groups is 2. The van der Waals surface area contributed by atoms with E-state index in [2.05, 4.69) is 0 Å². The number of hydrogen-bond donors (Lipinski definition) is 1. The number of halogens is 4. The molecule has 0 spiro atoms. The van der Waals surface area contributed by atoms with Gasteiger partial charge in [-0.1, -0.05) is 6.07 Å². The van der Waals surface area contributed by atoms with Crippen LogP contribution in [0.15, 0.2) is 18.2 Å². The van der Waals surface area contributed by atoms with Crippen LogP contribution in [0.2, 0.25) is 0 Å². The molecule has 27 heavy (non-hydrogen) atoms. The van der Waals surface area contributed by atoms with Gasteiger partial charge in [0.2, 0.25) is 0 Å². The number of carboxylic acid groups (broad SMARTS) is 1. The molecule has 1 amide bonds. The minimum Gasteiger partial charge on any atom is -0.485 e. The van der Waals surface area contributed by atoms with Crippen LogP contribution in [-0.2, 0) is 15.7 Å². The number of rotatable bonds is 3. The lowest BCUT2D eigenvalue weighted by molar-refractivity contribution is -0.142. The maximum Gasteiger partial charge on any atom is 0.419 e. The Morgan fingerprint density at radius 1 is 1.22 bits per heavy atom. The van der Waals surface area contributed by atoms with Crippen LogP contribution in [0.25, 0.3) is 0 Å². The summed E-state index contributed by atoms with van der Waals surface area (Å²) in [5.41, 5.74) is -2.36. The standard InChI is InChI=1S/C17H19F4NO5/c1-16(2,3)27-15(25)22-8-9(7-11(22)14(23)24)26-12-6-4-5-10(13(12)18)17(19,20)21/h4-6,9,11H,7-8H2,1-3H3,(H,23,24)/t9-,11+/m1/s1. The van der Waals surface area contributed by atoms with Gasteiger partial charge in [0.25, 0.3) is 0 Å². The van der Waals surface area contributed by atoms with E-state index >= 15 is 0 Å². The molecular formula is C17H19F4NO5. The zero-order chi connectivity index (χ0) is 20.6. The van der Waals surface area contributed by atoms with Crippen LogP contribution < -0.4 is 4.74 Å². The van der Waals surface area contributed by atoms with Crippen molar-refractivity contribution in [2.45, 2.75) is 51.1 Å². The molecule has 2 atom stereocenters. The molecule has 1 aliphatic heterocycles. The van der Waals surface area contributed by atoms with Crippen LogP contribution in [0.4, 0.5) is 22.4 Å². The van der Waals surface area contributed by atoms with Crippen molar-refractivity contribution in [3.63, 3.8) is 0 Å². The molecule has 0 radical (unpaired) electrons. The first-order chi connectivity index (χ1) is 12.3. The smallest absolute Gasteiger partial charge is 0.419 e. The number of carboxylic acids is 1. The topological polar surface area (TPSA) is 76.1 Å². The lowest BCUT2D eigenvalue weighted by atomic mass is 10.1. The Balaban J connectivity index is 2.20.